The van der Waals surface area contributed by atoms with Gasteiger partial charge in [-0.15, -0.1) is 10.2 Å². The maximum Gasteiger partial charge on any atom is 0.234 e. The Hall–Kier alpha value is -2.64. The van der Waals surface area contributed by atoms with Crippen molar-refractivity contribution >= 4 is 40.7 Å². The van der Waals surface area contributed by atoms with Gasteiger partial charge in [0.15, 0.2) is 16.8 Å². The quantitative estimate of drug-likeness (QED) is 0.453. The smallest absolute Gasteiger partial charge is 0.234 e. The Morgan fingerprint density at radius 3 is 2.36 bits per heavy atom. The van der Waals surface area contributed by atoms with Gasteiger partial charge in [-0.2, -0.15) is 0 Å². The molecule has 0 unspecified atom stereocenters. The first kappa shape index (κ1) is 20.1. The van der Waals surface area contributed by atoms with Gasteiger partial charge in [0.1, 0.15) is 0 Å². The molecule has 144 valence electrons. The van der Waals surface area contributed by atoms with Crippen molar-refractivity contribution in [3.63, 3.8) is 0 Å². The van der Waals surface area contributed by atoms with Gasteiger partial charge >= 0.3 is 0 Å². The zero-order valence-electron chi connectivity index (χ0n) is 15.5. The van der Waals surface area contributed by atoms with Gasteiger partial charge in [-0.3, -0.25) is 9.59 Å². The predicted molar refractivity (Wildman–Crippen MR) is 112 cm³/mol. The third-order valence-corrected chi connectivity index (χ3v) is 5.26. The number of thioether (sulfide) groups is 1. The molecule has 1 heterocycles. The summed E-state index contributed by atoms with van der Waals surface area (Å²) in [5.41, 5.74) is 2.17. The summed E-state index contributed by atoms with van der Waals surface area (Å²) in [6, 6.07) is 14.2. The largest absolute Gasteiger partial charge is 0.325 e. The van der Waals surface area contributed by atoms with E-state index in [2.05, 4.69) is 15.5 Å². The van der Waals surface area contributed by atoms with E-state index in [1.807, 2.05) is 35.8 Å². The van der Waals surface area contributed by atoms with Gasteiger partial charge in [-0.1, -0.05) is 23.4 Å². The van der Waals surface area contributed by atoms with Gasteiger partial charge in [0, 0.05) is 28.4 Å². The molecule has 8 heteroatoms. The van der Waals surface area contributed by atoms with Crippen molar-refractivity contribution in [2.75, 3.05) is 11.1 Å². The van der Waals surface area contributed by atoms with Crippen LogP contribution in [0.25, 0.3) is 11.4 Å². The van der Waals surface area contributed by atoms with E-state index >= 15 is 0 Å². The molecule has 0 saturated carbocycles. The molecule has 0 aliphatic rings. The lowest BCUT2D eigenvalue weighted by atomic mass is 10.1. The number of Topliss-reactive ketones (excluding diaryl/α,β-unsaturated/α-hetero) is 1. The minimum absolute atomic E-state index is 0.0103. The summed E-state index contributed by atoms with van der Waals surface area (Å²) in [5.74, 6) is 0.776. The fraction of sp³-hybridized carbons (Fsp3) is 0.200. The summed E-state index contributed by atoms with van der Waals surface area (Å²) in [4.78, 5) is 23.6. The number of rotatable bonds is 7. The Morgan fingerprint density at radius 2 is 1.75 bits per heavy atom. The van der Waals surface area contributed by atoms with E-state index in [0.29, 0.717) is 28.0 Å². The van der Waals surface area contributed by atoms with Crippen molar-refractivity contribution in [1.82, 2.24) is 14.8 Å². The lowest BCUT2D eigenvalue weighted by Gasteiger charge is -2.08. The molecule has 0 aliphatic carbocycles. The Bertz CT molecular complexity index is 984. The second-order valence-corrected chi connectivity index (χ2v) is 7.41. The second-order valence-electron chi connectivity index (χ2n) is 6.03. The van der Waals surface area contributed by atoms with Crippen molar-refractivity contribution < 1.29 is 9.59 Å². The number of aromatic nitrogens is 3. The molecule has 0 bridgehead atoms. The molecule has 0 saturated heterocycles. The predicted octanol–water partition coefficient (Wildman–Crippen LogP) is 4.55. The Morgan fingerprint density at radius 1 is 1.07 bits per heavy atom. The van der Waals surface area contributed by atoms with Crippen LogP contribution in [0.2, 0.25) is 5.02 Å². The Labute approximate surface area is 172 Å². The van der Waals surface area contributed by atoms with E-state index in [4.69, 9.17) is 11.6 Å². The minimum Gasteiger partial charge on any atom is -0.325 e. The normalized spacial score (nSPS) is 10.7. The Balaban J connectivity index is 1.64. The molecule has 2 aromatic carbocycles. The topological polar surface area (TPSA) is 76.9 Å². The highest BCUT2D eigenvalue weighted by Gasteiger charge is 2.14. The van der Waals surface area contributed by atoms with Gasteiger partial charge in [-0.05, 0) is 62.4 Å². The van der Waals surface area contributed by atoms with Crippen LogP contribution in [0.4, 0.5) is 5.69 Å². The first-order chi connectivity index (χ1) is 13.5. The van der Waals surface area contributed by atoms with Crippen LogP contribution in [0.1, 0.15) is 24.2 Å². The third kappa shape index (κ3) is 4.79. The molecule has 0 spiro atoms. The average Bonchev–Trinajstić information content (AvgIpc) is 3.10. The van der Waals surface area contributed by atoms with Crippen molar-refractivity contribution in [2.24, 2.45) is 0 Å². The molecule has 0 atom stereocenters. The molecule has 0 fully saturated rings. The number of carbonyl (C=O) groups excluding carboxylic acids is 2. The Kier molecular flexibility index (Phi) is 6.49. The van der Waals surface area contributed by atoms with Gasteiger partial charge in [0.25, 0.3) is 0 Å². The minimum atomic E-state index is -0.153. The zero-order valence-corrected chi connectivity index (χ0v) is 17.0. The van der Waals surface area contributed by atoms with Crippen molar-refractivity contribution in [1.29, 1.82) is 0 Å². The molecular weight excluding hydrogens is 396 g/mol. The molecule has 1 amide bonds. The summed E-state index contributed by atoms with van der Waals surface area (Å²) in [5, 5.41) is 12.6. The van der Waals surface area contributed by atoms with E-state index in [1.54, 1.807) is 24.3 Å². The molecule has 0 aliphatic heterocycles. The molecule has 1 aromatic heterocycles. The number of nitrogens with one attached hydrogen (secondary N) is 1. The van der Waals surface area contributed by atoms with Crippen LogP contribution in [-0.2, 0) is 11.3 Å². The summed E-state index contributed by atoms with van der Waals surface area (Å²) in [6.07, 6.45) is 0. The summed E-state index contributed by atoms with van der Waals surface area (Å²) < 4.78 is 1.96. The number of carbonyl (C=O) groups is 2. The summed E-state index contributed by atoms with van der Waals surface area (Å²) in [7, 11) is 0. The lowest BCUT2D eigenvalue weighted by molar-refractivity contribution is -0.113. The van der Waals surface area contributed by atoms with Crippen LogP contribution in [-0.4, -0.2) is 32.2 Å². The average molecular weight is 415 g/mol. The van der Waals surface area contributed by atoms with Crippen molar-refractivity contribution in [3.05, 3.63) is 59.1 Å². The fourth-order valence-electron chi connectivity index (χ4n) is 2.61. The van der Waals surface area contributed by atoms with Crippen molar-refractivity contribution in [2.45, 2.75) is 25.5 Å². The van der Waals surface area contributed by atoms with Gasteiger partial charge < -0.3 is 9.88 Å². The molecule has 28 heavy (non-hydrogen) atoms. The lowest BCUT2D eigenvalue weighted by Crippen LogP contribution is -2.14. The van der Waals surface area contributed by atoms with E-state index in [1.165, 1.54) is 18.7 Å². The highest BCUT2D eigenvalue weighted by Crippen LogP contribution is 2.25. The third-order valence-electron chi connectivity index (χ3n) is 4.04. The number of benzene rings is 2. The maximum absolute atomic E-state index is 12.2. The van der Waals surface area contributed by atoms with Gasteiger partial charge in [-0.25, -0.2) is 0 Å². The summed E-state index contributed by atoms with van der Waals surface area (Å²) >= 11 is 7.27. The van der Waals surface area contributed by atoms with E-state index in [0.717, 1.165) is 11.4 Å². The number of ketones is 1. The number of amides is 1. The number of halogens is 1. The van der Waals surface area contributed by atoms with Crippen LogP contribution in [0, 0.1) is 0 Å². The first-order valence-corrected chi connectivity index (χ1v) is 10.1. The molecule has 3 aromatic rings. The van der Waals surface area contributed by atoms with Crippen LogP contribution >= 0.6 is 23.4 Å². The van der Waals surface area contributed by atoms with E-state index in [9.17, 15) is 9.59 Å². The first-order valence-electron chi connectivity index (χ1n) is 8.70. The molecule has 6 nitrogen and oxygen atoms in total. The zero-order chi connectivity index (χ0) is 20.1. The molecule has 0 radical (unpaired) electrons. The maximum atomic E-state index is 12.2. The van der Waals surface area contributed by atoms with Gasteiger partial charge in [0.2, 0.25) is 5.91 Å². The van der Waals surface area contributed by atoms with Crippen LogP contribution in [0.5, 0.6) is 0 Å². The standard InChI is InChI=1S/C20H19ClN4O2S/c1-3-25-19(15-4-8-16(21)9-5-15)23-24-20(25)28-12-18(27)22-17-10-6-14(7-11-17)13(2)26/h4-11H,3,12H2,1-2H3,(H,22,27). The number of nitrogens with zero attached hydrogens (tertiary/aromatic N) is 3. The van der Waals surface area contributed by atoms with Crippen LogP contribution in [0.15, 0.2) is 53.7 Å². The van der Waals surface area contributed by atoms with Crippen LogP contribution < -0.4 is 5.32 Å². The monoisotopic (exact) mass is 414 g/mol. The number of hydrogen-bond donors (Lipinski definition) is 1. The van der Waals surface area contributed by atoms with Crippen LogP contribution in [0.3, 0.4) is 0 Å². The van der Waals surface area contributed by atoms with Crippen molar-refractivity contribution in [3.8, 4) is 11.4 Å². The second kappa shape index (κ2) is 9.03. The molecule has 1 N–H and O–H groups in total. The van der Waals surface area contributed by atoms with E-state index < -0.39 is 0 Å². The highest BCUT2D eigenvalue weighted by atomic mass is 35.5. The van der Waals surface area contributed by atoms with E-state index in [-0.39, 0.29) is 17.4 Å². The highest BCUT2D eigenvalue weighted by molar-refractivity contribution is 7.99. The number of hydrogen-bond acceptors (Lipinski definition) is 5. The number of anilines is 1. The molecular formula is C20H19ClN4O2S. The summed E-state index contributed by atoms with van der Waals surface area (Å²) in [6.45, 7) is 4.19. The molecule has 3 rings (SSSR count). The fourth-order valence-corrected chi connectivity index (χ4v) is 3.54. The SMILES string of the molecule is CCn1c(SCC(=O)Nc2ccc(C(C)=O)cc2)nnc1-c1ccc(Cl)cc1. The van der Waals surface area contributed by atoms with Gasteiger partial charge in [0.05, 0.1) is 5.75 Å².